The SMILES string of the molecule is CCCC[C@@](C=C=C(C)C)(CC)CNCCCNC. The van der Waals surface area contributed by atoms with Gasteiger partial charge in [-0.2, -0.15) is 0 Å². The molecule has 0 spiro atoms. The fourth-order valence-electron chi connectivity index (χ4n) is 2.17. The zero-order valence-corrected chi connectivity index (χ0v) is 13.7. The van der Waals surface area contributed by atoms with Crippen LogP contribution < -0.4 is 10.6 Å². The van der Waals surface area contributed by atoms with Gasteiger partial charge in [-0.1, -0.05) is 26.7 Å². The Morgan fingerprint density at radius 3 is 2.42 bits per heavy atom. The molecule has 0 radical (unpaired) electrons. The molecule has 0 saturated heterocycles. The second-order valence-electron chi connectivity index (χ2n) is 5.74. The first-order valence-corrected chi connectivity index (χ1v) is 7.86. The van der Waals surface area contributed by atoms with Gasteiger partial charge in [0.05, 0.1) is 0 Å². The molecule has 0 aliphatic carbocycles. The van der Waals surface area contributed by atoms with E-state index in [4.69, 9.17) is 0 Å². The van der Waals surface area contributed by atoms with Crippen molar-refractivity contribution in [2.24, 2.45) is 5.41 Å². The third kappa shape index (κ3) is 9.04. The molecule has 0 amide bonds. The number of hydrogen-bond donors (Lipinski definition) is 2. The highest BCUT2D eigenvalue weighted by atomic mass is 14.9. The summed E-state index contributed by atoms with van der Waals surface area (Å²) in [5.74, 6) is 0. The Hall–Kier alpha value is -0.560. The van der Waals surface area contributed by atoms with E-state index in [-0.39, 0.29) is 5.41 Å². The van der Waals surface area contributed by atoms with Gasteiger partial charge in [0.25, 0.3) is 0 Å². The Balaban J connectivity index is 4.50. The highest BCUT2D eigenvalue weighted by Gasteiger charge is 2.23. The number of rotatable bonds is 11. The van der Waals surface area contributed by atoms with Crippen molar-refractivity contribution in [3.05, 3.63) is 17.4 Å². The Bertz CT molecular complexity index is 273. The van der Waals surface area contributed by atoms with Crippen LogP contribution >= 0.6 is 0 Å². The molecule has 2 N–H and O–H groups in total. The van der Waals surface area contributed by atoms with Crippen molar-refractivity contribution < 1.29 is 0 Å². The molecule has 0 heterocycles. The molecule has 2 nitrogen and oxygen atoms in total. The molecule has 1 atom stereocenters. The van der Waals surface area contributed by atoms with E-state index in [0.717, 1.165) is 19.6 Å². The van der Waals surface area contributed by atoms with Gasteiger partial charge in [-0.3, -0.25) is 0 Å². The third-order valence-electron chi connectivity index (χ3n) is 3.66. The molecule has 0 fully saturated rings. The van der Waals surface area contributed by atoms with Crippen LogP contribution in [0.1, 0.15) is 59.8 Å². The van der Waals surface area contributed by atoms with Crippen LogP contribution in [-0.2, 0) is 0 Å². The van der Waals surface area contributed by atoms with Gasteiger partial charge in [0.2, 0.25) is 0 Å². The predicted octanol–water partition coefficient (Wildman–Crippen LogP) is 3.89. The van der Waals surface area contributed by atoms with Crippen LogP contribution in [0.2, 0.25) is 0 Å². The molecule has 0 rings (SSSR count). The molecule has 0 aliphatic rings. The van der Waals surface area contributed by atoms with Crippen molar-refractivity contribution in [3.8, 4) is 0 Å². The van der Waals surface area contributed by atoms with E-state index in [1.807, 2.05) is 7.05 Å². The molecule has 112 valence electrons. The summed E-state index contributed by atoms with van der Waals surface area (Å²) in [4.78, 5) is 0. The lowest BCUT2D eigenvalue weighted by atomic mass is 9.80. The first kappa shape index (κ1) is 18.4. The average molecular weight is 266 g/mol. The van der Waals surface area contributed by atoms with Crippen molar-refractivity contribution in [3.63, 3.8) is 0 Å². The Kier molecular flexibility index (Phi) is 10.9. The van der Waals surface area contributed by atoms with E-state index >= 15 is 0 Å². The summed E-state index contributed by atoms with van der Waals surface area (Å²) in [5, 5.41) is 6.81. The summed E-state index contributed by atoms with van der Waals surface area (Å²) >= 11 is 0. The maximum absolute atomic E-state index is 3.62. The Labute approximate surface area is 120 Å². The van der Waals surface area contributed by atoms with Crippen LogP contribution in [0, 0.1) is 5.41 Å². The van der Waals surface area contributed by atoms with E-state index in [2.05, 4.69) is 50.1 Å². The van der Waals surface area contributed by atoms with Gasteiger partial charge < -0.3 is 10.6 Å². The standard InChI is InChI=1S/C17H34N2/c1-6-8-11-17(7-2,12-10-16(3)4)15-19-14-9-13-18-5/h12,18-19H,6-9,11,13-15H2,1-5H3/t17-/m1/s1. The monoisotopic (exact) mass is 266 g/mol. The van der Waals surface area contributed by atoms with Crippen molar-refractivity contribution in [2.45, 2.75) is 59.8 Å². The molecule has 0 bridgehead atoms. The molecule has 0 unspecified atom stereocenters. The first-order chi connectivity index (χ1) is 9.10. The summed E-state index contributed by atoms with van der Waals surface area (Å²) in [6.45, 7) is 12.1. The molecule has 0 aromatic rings. The first-order valence-electron chi connectivity index (χ1n) is 7.86. The van der Waals surface area contributed by atoms with Crippen LogP contribution in [0.15, 0.2) is 17.4 Å². The quantitative estimate of drug-likeness (QED) is 0.438. The van der Waals surface area contributed by atoms with Crippen molar-refractivity contribution in [2.75, 3.05) is 26.7 Å². The van der Waals surface area contributed by atoms with Gasteiger partial charge in [-0.05, 0) is 64.9 Å². The smallest absolute Gasteiger partial charge is 0.00796 e. The van der Waals surface area contributed by atoms with E-state index in [9.17, 15) is 0 Å². The minimum absolute atomic E-state index is 0.285. The molecule has 0 aliphatic heterocycles. The minimum Gasteiger partial charge on any atom is -0.320 e. The van der Waals surface area contributed by atoms with Crippen LogP contribution in [0.4, 0.5) is 0 Å². The zero-order chi connectivity index (χ0) is 14.6. The average Bonchev–Trinajstić information content (AvgIpc) is 2.41. The highest BCUT2D eigenvalue weighted by molar-refractivity contribution is 5.04. The van der Waals surface area contributed by atoms with E-state index in [0.29, 0.717) is 0 Å². The van der Waals surface area contributed by atoms with Crippen molar-refractivity contribution in [1.29, 1.82) is 0 Å². The van der Waals surface area contributed by atoms with Gasteiger partial charge in [0, 0.05) is 12.0 Å². The van der Waals surface area contributed by atoms with E-state index in [1.54, 1.807) is 0 Å². The molecule has 0 aromatic heterocycles. The van der Waals surface area contributed by atoms with E-state index in [1.165, 1.54) is 37.7 Å². The number of nitrogens with one attached hydrogen (secondary N) is 2. The summed E-state index contributed by atoms with van der Waals surface area (Å²) in [7, 11) is 2.01. The molecular weight excluding hydrogens is 232 g/mol. The lowest BCUT2D eigenvalue weighted by Crippen LogP contribution is -2.33. The summed E-state index contributed by atoms with van der Waals surface area (Å²) in [5.41, 5.74) is 4.99. The Morgan fingerprint density at radius 1 is 1.16 bits per heavy atom. The van der Waals surface area contributed by atoms with Gasteiger partial charge >= 0.3 is 0 Å². The fraction of sp³-hybridized carbons (Fsp3) is 0.824. The van der Waals surface area contributed by atoms with Crippen LogP contribution in [0.25, 0.3) is 0 Å². The molecule has 0 saturated carbocycles. The lowest BCUT2D eigenvalue weighted by Gasteiger charge is -2.29. The van der Waals surface area contributed by atoms with Gasteiger partial charge in [0.15, 0.2) is 0 Å². The number of hydrogen-bond acceptors (Lipinski definition) is 2. The predicted molar refractivity (Wildman–Crippen MR) is 86.6 cm³/mol. The molecule has 0 aromatic carbocycles. The summed E-state index contributed by atoms with van der Waals surface area (Å²) in [6, 6.07) is 0. The number of unbranched alkanes of at least 4 members (excludes halogenated alkanes) is 1. The third-order valence-corrected chi connectivity index (χ3v) is 3.66. The zero-order valence-electron chi connectivity index (χ0n) is 13.7. The maximum Gasteiger partial charge on any atom is 0.00796 e. The van der Waals surface area contributed by atoms with Crippen molar-refractivity contribution in [1.82, 2.24) is 10.6 Å². The second kappa shape index (κ2) is 11.3. The highest BCUT2D eigenvalue weighted by Crippen LogP contribution is 2.29. The van der Waals surface area contributed by atoms with Crippen molar-refractivity contribution >= 4 is 0 Å². The molecular formula is C17H34N2. The normalized spacial score (nSPS) is 13.7. The summed E-state index contributed by atoms with van der Waals surface area (Å²) < 4.78 is 0. The summed E-state index contributed by atoms with van der Waals surface area (Å²) in [6.07, 6.45) is 8.53. The molecule has 2 heteroatoms. The molecule has 19 heavy (non-hydrogen) atoms. The lowest BCUT2D eigenvalue weighted by molar-refractivity contribution is 0.307. The second-order valence-corrected chi connectivity index (χ2v) is 5.74. The fourth-order valence-corrected chi connectivity index (χ4v) is 2.17. The maximum atomic E-state index is 3.62. The van der Waals surface area contributed by atoms with Crippen LogP contribution in [0.5, 0.6) is 0 Å². The minimum atomic E-state index is 0.285. The van der Waals surface area contributed by atoms with Crippen LogP contribution in [0.3, 0.4) is 0 Å². The van der Waals surface area contributed by atoms with Gasteiger partial charge in [-0.15, -0.1) is 5.73 Å². The largest absolute Gasteiger partial charge is 0.320 e. The topological polar surface area (TPSA) is 24.1 Å². The van der Waals surface area contributed by atoms with E-state index < -0.39 is 0 Å². The Morgan fingerprint density at radius 2 is 1.89 bits per heavy atom. The van der Waals surface area contributed by atoms with Crippen LogP contribution in [-0.4, -0.2) is 26.7 Å². The van der Waals surface area contributed by atoms with Gasteiger partial charge in [-0.25, -0.2) is 0 Å². The van der Waals surface area contributed by atoms with Gasteiger partial charge in [0.1, 0.15) is 0 Å².